The van der Waals surface area contributed by atoms with E-state index in [1.54, 1.807) is 7.05 Å². The van der Waals surface area contributed by atoms with Crippen LogP contribution in [-0.4, -0.2) is 25.4 Å². The molecule has 2 aromatic heterocycles. The Balaban J connectivity index is 3.03. The van der Waals surface area contributed by atoms with Crippen molar-refractivity contribution in [1.82, 2.24) is 19.1 Å². The van der Waals surface area contributed by atoms with Crippen molar-refractivity contribution in [3.63, 3.8) is 0 Å². The molecular weight excluding hydrogens is 228 g/mol. The molecule has 0 radical (unpaired) electrons. The number of thioether (sulfide) groups is 1. The Morgan fingerprint density at radius 1 is 1.25 bits per heavy atom. The van der Waals surface area contributed by atoms with E-state index in [9.17, 15) is 9.59 Å². The molecule has 0 fully saturated rings. The van der Waals surface area contributed by atoms with Gasteiger partial charge in [-0.1, -0.05) is 0 Å². The second kappa shape index (κ2) is 3.75. The molecule has 84 valence electrons. The molecule has 6 nitrogen and oxygen atoms in total. The number of nitrogens with zero attached hydrogens (tertiary/aromatic N) is 4. The van der Waals surface area contributed by atoms with Crippen LogP contribution in [0.4, 0.5) is 0 Å². The molecule has 0 spiro atoms. The van der Waals surface area contributed by atoms with Crippen LogP contribution in [0.5, 0.6) is 0 Å². The van der Waals surface area contributed by atoms with Crippen molar-refractivity contribution in [3.05, 3.63) is 27.0 Å². The van der Waals surface area contributed by atoms with Crippen molar-refractivity contribution in [2.24, 2.45) is 14.1 Å². The molecule has 0 amide bonds. The molecule has 2 rings (SSSR count). The minimum atomic E-state index is -0.418. The van der Waals surface area contributed by atoms with Gasteiger partial charge in [0.2, 0.25) is 0 Å². The number of aromatic nitrogens is 4. The summed E-state index contributed by atoms with van der Waals surface area (Å²) in [7, 11) is 3.00. The van der Waals surface area contributed by atoms with E-state index in [0.717, 1.165) is 4.57 Å². The van der Waals surface area contributed by atoms with Gasteiger partial charge in [0.15, 0.2) is 11.2 Å². The van der Waals surface area contributed by atoms with Crippen molar-refractivity contribution >= 4 is 22.9 Å². The Bertz CT molecular complexity index is 673. The number of hydrogen-bond acceptors (Lipinski definition) is 5. The highest BCUT2D eigenvalue weighted by Gasteiger charge is 2.10. The minimum Gasteiger partial charge on any atom is -0.279 e. The van der Waals surface area contributed by atoms with Crippen LogP contribution in [0.15, 0.2) is 20.8 Å². The van der Waals surface area contributed by atoms with E-state index < -0.39 is 11.2 Å². The Morgan fingerprint density at radius 2 is 1.94 bits per heavy atom. The fourth-order valence-corrected chi connectivity index (χ4v) is 1.74. The summed E-state index contributed by atoms with van der Waals surface area (Å²) in [4.78, 5) is 31.6. The van der Waals surface area contributed by atoms with Crippen molar-refractivity contribution in [2.45, 2.75) is 5.03 Å². The van der Waals surface area contributed by atoms with Gasteiger partial charge in [-0.3, -0.25) is 13.9 Å². The number of rotatable bonds is 1. The van der Waals surface area contributed by atoms with Crippen molar-refractivity contribution < 1.29 is 0 Å². The largest absolute Gasteiger partial charge is 0.332 e. The maximum absolute atomic E-state index is 11.7. The molecule has 2 aromatic rings. The molecule has 0 aromatic carbocycles. The first-order valence-corrected chi connectivity index (χ1v) is 5.75. The Morgan fingerprint density at radius 3 is 2.56 bits per heavy atom. The van der Waals surface area contributed by atoms with E-state index >= 15 is 0 Å². The summed E-state index contributed by atoms with van der Waals surface area (Å²) in [6.07, 6.45) is 3.38. The summed E-state index contributed by atoms with van der Waals surface area (Å²) in [5, 5.41) is 0.677. The molecule has 0 aliphatic heterocycles. The molecule has 0 unspecified atom stereocenters. The molecule has 16 heavy (non-hydrogen) atoms. The van der Waals surface area contributed by atoms with E-state index in [1.165, 1.54) is 29.6 Å². The molecular formula is C9H10N4O2S. The summed E-state index contributed by atoms with van der Waals surface area (Å²) in [6, 6.07) is 0. The molecule has 0 aliphatic rings. The van der Waals surface area contributed by atoms with Crippen LogP contribution < -0.4 is 11.2 Å². The second-order valence-corrected chi connectivity index (χ2v) is 4.12. The maximum Gasteiger partial charge on any atom is 0.332 e. The van der Waals surface area contributed by atoms with E-state index in [2.05, 4.69) is 9.97 Å². The predicted molar refractivity (Wildman–Crippen MR) is 61.8 cm³/mol. The minimum absolute atomic E-state index is 0.211. The standard InChI is InChI=1S/C9H10N4O2S/c1-12-7-6(8(14)13(2)9(12)15)10-4-5(11-7)16-3/h4H,1-3H3. The van der Waals surface area contributed by atoms with Crippen molar-refractivity contribution in [3.8, 4) is 0 Å². The van der Waals surface area contributed by atoms with Crippen LogP contribution in [0.2, 0.25) is 0 Å². The normalized spacial score (nSPS) is 10.9. The van der Waals surface area contributed by atoms with Gasteiger partial charge in [-0.15, -0.1) is 11.8 Å². The van der Waals surface area contributed by atoms with Gasteiger partial charge in [-0.25, -0.2) is 14.8 Å². The zero-order chi connectivity index (χ0) is 11.9. The lowest BCUT2D eigenvalue weighted by molar-refractivity contribution is 0.701. The predicted octanol–water partition coefficient (Wildman–Crippen LogP) is -0.251. The third-order valence-electron chi connectivity index (χ3n) is 2.34. The Kier molecular flexibility index (Phi) is 2.55. The quantitative estimate of drug-likeness (QED) is 0.641. The van der Waals surface area contributed by atoms with Gasteiger partial charge in [-0.05, 0) is 6.26 Å². The van der Waals surface area contributed by atoms with E-state index in [1.807, 2.05) is 6.26 Å². The zero-order valence-corrected chi connectivity index (χ0v) is 9.91. The summed E-state index contributed by atoms with van der Waals surface area (Å²) >= 11 is 1.41. The van der Waals surface area contributed by atoms with Crippen molar-refractivity contribution in [1.29, 1.82) is 0 Å². The molecule has 0 N–H and O–H groups in total. The van der Waals surface area contributed by atoms with Crippen LogP contribution in [0.1, 0.15) is 0 Å². The highest BCUT2D eigenvalue weighted by atomic mass is 32.2. The van der Waals surface area contributed by atoms with Crippen LogP contribution in [0.25, 0.3) is 11.2 Å². The number of hydrogen-bond donors (Lipinski definition) is 0. The third-order valence-corrected chi connectivity index (χ3v) is 2.95. The van der Waals surface area contributed by atoms with Gasteiger partial charge >= 0.3 is 5.69 Å². The fourth-order valence-electron chi connectivity index (χ4n) is 1.41. The first-order chi connectivity index (χ1) is 7.56. The van der Waals surface area contributed by atoms with Crippen LogP contribution in [-0.2, 0) is 14.1 Å². The van der Waals surface area contributed by atoms with Gasteiger partial charge < -0.3 is 0 Å². The molecule has 7 heteroatoms. The molecule has 0 atom stereocenters. The second-order valence-electron chi connectivity index (χ2n) is 3.29. The van der Waals surface area contributed by atoms with Gasteiger partial charge in [0, 0.05) is 14.1 Å². The summed E-state index contributed by atoms with van der Waals surface area (Å²) in [5.74, 6) is 0. The first kappa shape index (κ1) is 10.9. The molecule has 0 saturated heterocycles. The smallest absolute Gasteiger partial charge is 0.279 e. The molecule has 0 aliphatic carbocycles. The van der Waals surface area contributed by atoms with Gasteiger partial charge in [0.25, 0.3) is 5.56 Å². The van der Waals surface area contributed by atoms with Crippen LogP contribution in [0, 0.1) is 0 Å². The summed E-state index contributed by atoms with van der Waals surface area (Å²) < 4.78 is 2.35. The lowest BCUT2D eigenvalue weighted by Gasteiger charge is -2.06. The van der Waals surface area contributed by atoms with Gasteiger partial charge in [-0.2, -0.15) is 0 Å². The highest BCUT2D eigenvalue weighted by Crippen LogP contribution is 2.11. The Labute approximate surface area is 95.0 Å². The lowest BCUT2D eigenvalue weighted by atomic mass is 10.5. The average Bonchev–Trinajstić information content (AvgIpc) is 2.33. The SMILES string of the molecule is CSc1cnc2c(=O)n(C)c(=O)n(C)c2n1. The van der Waals surface area contributed by atoms with E-state index in [0.29, 0.717) is 10.7 Å². The van der Waals surface area contributed by atoms with E-state index in [4.69, 9.17) is 0 Å². The Hall–Kier alpha value is -1.63. The van der Waals surface area contributed by atoms with Gasteiger partial charge in [0.05, 0.1) is 6.20 Å². The topological polar surface area (TPSA) is 69.8 Å². The third kappa shape index (κ3) is 1.44. The first-order valence-electron chi connectivity index (χ1n) is 4.53. The molecule has 0 saturated carbocycles. The highest BCUT2D eigenvalue weighted by molar-refractivity contribution is 7.98. The van der Waals surface area contributed by atoms with E-state index in [-0.39, 0.29) is 5.52 Å². The number of fused-ring (bicyclic) bond motifs is 1. The van der Waals surface area contributed by atoms with Crippen LogP contribution in [0.3, 0.4) is 0 Å². The van der Waals surface area contributed by atoms with Crippen molar-refractivity contribution in [2.75, 3.05) is 6.26 Å². The molecule has 0 bridgehead atoms. The zero-order valence-electron chi connectivity index (χ0n) is 9.09. The summed E-state index contributed by atoms with van der Waals surface area (Å²) in [6.45, 7) is 0. The number of aryl methyl sites for hydroxylation is 1. The summed E-state index contributed by atoms with van der Waals surface area (Å²) in [5.41, 5.74) is -0.286. The van der Waals surface area contributed by atoms with Gasteiger partial charge in [0.1, 0.15) is 5.03 Å². The monoisotopic (exact) mass is 238 g/mol. The maximum atomic E-state index is 11.7. The fraction of sp³-hybridized carbons (Fsp3) is 0.333. The molecule has 2 heterocycles. The van der Waals surface area contributed by atoms with Crippen LogP contribution >= 0.6 is 11.8 Å². The average molecular weight is 238 g/mol. The lowest BCUT2D eigenvalue weighted by Crippen LogP contribution is -2.37.